The minimum atomic E-state index is -0.642. The second-order valence-corrected chi connectivity index (χ2v) is 2.64. The molecule has 0 aliphatic carbocycles. The van der Waals surface area contributed by atoms with Gasteiger partial charge in [-0.3, -0.25) is 10.1 Å². The fraction of sp³-hybridized carbons (Fsp3) is 0.200. The second kappa shape index (κ2) is 4.99. The van der Waals surface area contributed by atoms with Gasteiger partial charge in [0.05, 0.1) is 14.2 Å². The van der Waals surface area contributed by atoms with E-state index in [4.69, 9.17) is 9.47 Å². The number of nitrogens with zero attached hydrogens (tertiary/aromatic N) is 1. The standard InChI is InChI=1S/C10H10NO4/c1-14-9-4-3-8(5-6-11(12)13)7-10(9)15-2/h3-5,7H,1-2H3/q-1. The van der Waals surface area contributed by atoms with Crippen LogP contribution in [0.1, 0.15) is 5.56 Å². The molecular weight excluding hydrogens is 198 g/mol. The van der Waals surface area contributed by atoms with Crippen LogP contribution in [0.3, 0.4) is 0 Å². The number of rotatable bonds is 4. The fourth-order valence-corrected chi connectivity index (χ4v) is 1.07. The lowest BCUT2D eigenvalue weighted by molar-refractivity contribution is -0.417. The average Bonchev–Trinajstić information content (AvgIpc) is 2.25. The van der Waals surface area contributed by atoms with E-state index >= 15 is 0 Å². The van der Waals surface area contributed by atoms with E-state index in [1.807, 2.05) is 6.20 Å². The monoisotopic (exact) mass is 208 g/mol. The highest BCUT2D eigenvalue weighted by Crippen LogP contribution is 2.27. The van der Waals surface area contributed by atoms with Crippen LogP contribution < -0.4 is 9.47 Å². The zero-order chi connectivity index (χ0) is 11.3. The Labute approximate surface area is 87.1 Å². The van der Waals surface area contributed by atoms with Crippen molar-refractivity contribution in [1.82, 2.24) is 0 Å². The van der Waals surface area contributed by atoms with E-state index in [9.17, 15) is 10.1 Å². The van der Waals surface area contributed by atoms with Gasteiger partial charge in [-0.2, -0.15) is 11.6 Å². The molecule has 0 amide bonds. The van der Waals surface area contributed by atoms with Crippen molar-refractivity contribution in [3.8, 4) is 11.5 Å². The Bertz CT molecular complexity index is 387. The van der Waals surface area contributed by atoms with Crippen LogP contribution in [0.15, 0.2) is 18.2 Å². The molecule has 0 spiro atoms. The summed E-state index contributed by atoms with van der Waals surface area (Å²) in [5.41, 5.74) is 0.629. The lowest BCUT2D eigenvalue weighted by Crippen LogP contribution is -1.91. The lowest BCUT2D eigenvalue weighted by atomic mass is 10.2. The van der Waals surface area contributed by atoms with Gasteiger partial charge in [-0.1, -0.05) is 6.07 Å². The Balaban J connectivity index is 2.97. The molecule has 0 atom stereocenters. The first kappa shape index (κ1) is 11.0. The Hall–Kier alpha value is -2.04. The Morgan fingerprint density at radius 1 is 1.33 bits per heavy atom. The van der Waals surface area contributed by atoms with Gasteiger partial charge in [0.15, 0.2) is 5.75 Å². The van der Waals surface area contributed by atoms with E-state index in [1.54, 1.807) is 18.2 Å². The molecule has 5 nitrogen and oxygen atoms in total. The highest BCUT2D eigenvalue weighted by molar-refractivity contribution is 5.54. The summed E-state index contributed by atoms with van der Waals surface area (Å²) in [6.07, 6.45) is 3.22. The summed E-state index contributed by atoms with van der Waals surface area (Å²) in [4.78, 5) is 9.42. The molecule has 15 heavy (non-hydrogen) atoms. The molecule has 0 fully saturated rings. The normalized spacial score (nSPS) is 10.3. The summed E-state index contributed by atoms with van der Waals surface area (Å²) in [5.74, 6) is 1.10. The highest BCUT2D eigenvalue weighted by Gasteiger charge is 1.98. The topological polar surface area (TPSA) is 61.6 Å². The second-order valence-electron chi connectivity index (χ2n) is 2.64. The molecule has 0 aromatic heterocycles. The van der Waals surface area contributed by atoms with Crippen LogP contribution in [0.4, 0.5) is 0 Å². The van der Waals surface area contributed by atoms with E-state index in [-0.39, 0.29) is 0 Å². The molecule has 5 heteroatoms. The Morgan fingerprint density at radius 2 is 2.00 bits per heavy atom. The molecule has 0 heterocycles. The highest BCUT2D eigenvalue weighted by atomic mass is 16.6. The maximum atomic E-state index is 10.1. The van der Waals surface area contributed by atoms with Crippen molar-refractivity contribution in [2.24, 2.45) is 0 Å². The lowest BCUT2D eigenvalue weighted by Gasteiger charge is -2.10. The van der Waals surface area contributed by atoms with E-state index in [0.29, 0.717) is 17.1 Å². The van der Waals surface area contributed by atoms with E-state index in [2.05, 4.69) is 0 Å². The van der Waals surface area contributed by atoms with Crippen molar-refractivity contribution in [3.05, 3.63) is 40.1 Å². The van der Waals surface area contributed by atoms with Crippen molar-refractivity contribution in [3.63, 3.8) is 0 Å². The van der Waals surface area contributed by atoms with Gasteiger partial charge in [0.1, 0.15) is 11.9 Å². The molecule has 1 aromatic rings. The molecule has 80 valence electrons. The van der Waals surface area contributed by atoms with E-state index in [1.165, 1.54) is 20.3 Å². The molecule has 0 bridgehead atoms. The van der Waals surface area contributed by atoms with Crippen molar-refractivity contribution >= 4 is 6.08 Å². The van der Waals surface area contributed by atoms with Gasteiger partial charge in [0.2, 0.25) is 0 Å². The van der Waals surface area contributed by atoms with Crippen molar-refractivity contribution in [1.29, 1.82) is 0 Å². The molecule has 0 aliphatic rings. The molecule has 1 rings (SSSR count). The molecule has 1 aromatic carbocycles. The molecule has 0 saturated carbocycles. The predicted molar refractivity (Wildman–Crippen MR) is 54.2 cm³/mol. The van der Waals surface area contributed by atoms with Crippen molar-refractivity contribution < 1.29 is 14.4 Å². The molecule has 0 aliphatic heterocycles. The van der Waals surface area contributed by atoms with Crippen LogP contribution in [-0.4, -0.2) is 19.1 Å². The molecule has 0 saturated heterocycles. The first-order valence-corrected chi connectivity index (χ1v) is 4.13. The third-order valence-corrected chi connectivity index (χ3v) is 1.74. The zero-order valence-electron chi connectivity index (χ0n) is 8.39. The average molecular weight is 208 g/mol. The first-order chi connectivity index (χ1) is 7.17. The van der Waals surface area contributed by atoms with Gasteiger partial charge >= 0.3 is 0 Å². The Morgan fingerprint density at radius 3 is 2.53 bits per heavy atom. The minimum absolute atomic E-state index is 0.524. The Kier molecular flexibility index (Phi) is 3.68. The third-order valence-electron chi connectivity index (χ3n) is 1.74. The van der Waals surface area contributed by atoms with Crippen LogP contribution in [0.2, 0.25) is 0 Å². The smallest absolute Gasteiger partial charge is 0.157 e. The van der Waals surface area contributed by atoms with E-state index in [0.717, 1.165) is 0 Å². The molecule has 0 N–H and O–H groups in total. The molecule has 0 unspecified atom stereocenters. The summed E-state index contributed by atoms with van der Waals surface area (Å²) < 4.78 is 10.1. The summed E-state index contributed by atoms with van der Waals surface area (Å²) in [7, 11) is 3.03. The molecular formula is C10H10NO4-. The largest absolute Gasteiger partial charge is 0.494 e. The van der Waals surface area contributed by atoms with Gasteiger partial charge < -0.3 is 9.47 Å². The number of ether oxygens (including phenoxy) is 2. The van der Waals surface area contributed by atoms with Crippen LogP contribution in [0, 0.1) is 16.3 Å². The summed E-state index contributed by atoms with van der Waals surface area (Å²) in [6.45, 7) is 0. The first-order valence-electron chi connectivity index (χ1n) is 4.13. The fourth-order valence-electron chi connectivity index (χ4n) is 1.07. The third kappa shape index (κ3) is 2.98. The SMILES string of the molecule is COc1ccc(C=[C-][N+](=O)[O-])cc1OC. The van der Waals surface area contributed by atoms with Crippen LogP contribution in [-0.2, 0) is 0 Å². The van der Waals surface area contributed by atoms with Gasteiger partial charge in [-0.25, -0.2) is 0 Å². The number of methoxy groups -OCH3 is 2. The molecule has 0 radical (unpaired) electrons. The van der Waals surface area contributed by atoms with E-state index < -0.39 is 4.92 Å². The number of hydrogen-bond donors (Lipinski definition) is 0. The predicted octanol–water partition coefficient (Wildman–Crippen LogP) is 1.75. The summed E-state index contributed by atoms with van der Waals surface area (Å²) in [5, 5.41) is 10.1. The van der Waals surface area contributed by atoms with Crippen molar-refractivity contribution in [2.75, 3.05) is 14.2 Å². The van der Waals surface area contributed by atoms with Gasteiger partial charge in [-0.05, 0) is 11.0 Å². The van der Waals surface area contributed by atoms with Crippen LogP contribution in [0.5, 0.6) is 11.5 Å². The van der Waals surface area contributed by atoms with Crippen molar-refractivity contribution in [2.45, 2.75) is 0 Å². The zero-order valence-corrected chi connectivity index (χ0v) is 8.39. The number of hydrogen-bond acceptors (Lipinski definition) is 4. The quantitative estimate of drug-likeness (QED) is 0.327. The maximum absolute atomic E-state index is 10.1. The summed E-state index contributed by atoms with van der Waals surface area (Å²) in [6, 6.07) is 4.99. The maximum Gasteiger partial charge on any atom is 0.157 e. The summed E-state index contributed by atoms with van der Waals surface area (Å²) >= 11 is 0. The number of nitro groups is 1. The van der Waals surface area contributed by atoms with Gasteiger partial charge in [0, 0.05) is 0 Å². The van der Waals surface area contributed by atoms with Crippen LogP contribution >= 0.6 is 0 Å². The van der Waals surface area contributed by atoms with Gasteiger partial charge in [0.25, 0.3) is 0 Å². The minimum Gasteiger partial charge on any atom is -0.494 e. The van der Waals surface area contributed by atoms with Crippen LogP contribution in [0.25, 0.3) is 6.08 Å². The number of benzene rings is 1. The van der Waals surface area contributed by atoms with Gasteiger partial charge in [-0.15, -0.1) is 6.07 Å².